The Morgan fingerprint density at radius 2 is 2.05 bits per heavy atom. The van der Waals surface area contributed by atoms with Gasteiger partial charge in [-0.15, -0.1) is 0 Å². The minimum Gasteiger partial charge on any atom is -0.497 e. The molecule has 3 aromatic rings. The standard InChI is InChI=1S/C27H30ClN5O4/c1-16(17-6-5-7-20(10-17)37-4)30-23(35)14-33-13-19-9-8-18(11-21(19)25(33)36)24-22(28)12-29-26(31-24)32-27(2,3)15-34/h5-12,16,34H,13-15H2,1-4H3,(H,30,35)(H,29,31,32)/t16-/m1/s1. The van der Waals surface area contributed by atoms with E-state index in [0.29, 0.717) is 40.1 Å². The Morgan fingerprint density at radius 1 is 1.27 bits per heavy atom. The van der Waals surface area contributed by atoms with Gasteiger partial charge in [0.05, 0.1) is 42.2 Å². The predicted molar refractivity (Wildman–Crippen MR) is 142 cm³/mol. The van der Waals surface area contributed by atoms with E-state index in [1.54, 1.807) is 13.2 Å². The second-order valence-corrected chi connectivity index (χ2v) is 10.1. The number of aliphatic hydroxyl groups excluding tert-OH is 1. The van der Waals surface area contributed by atoms with Gasteiger partial charge in [-0.2, -0.15) is 0 Å². The van der Waals surface area contributed by atoms with Crippen molar-refractivity contribution >= 4 is 29.4 Å². The minimum absolute atomic E-state index is 0.0598. The average molecular weight is 524 g/mol. The van der Waals surface area contributed by atoms with Gasteiger partial charge in [0.15, 0.2) is 0 Å². The highest BCUT2D eigenvalue weighted by atomic mass is 35.5. The predicted octanol–water partition coefficient (Wildman–Crippen LogP) is 3.82. The molecule has 1 atom stereocenters. The molecule has 1 aromatic heterocycles. The molecule has 37 heavy (non-hydrogen) atoms. The van der Waals surface area contributed by atoms with Gasteiger partial charge in [0.25, 0.3) is 5.91 Å². The van der Waals surface area contributed by atoms with E-state index in [4.69, 9.17) is 16.3 Å². The van der Waals surface area contributed by atoms with Gasteiger partial charge in [0.2, 0.25) is 11.9 Å². The SMILES string of the molecule is COc1cccc([C@@H](C)NC(=O)CN2Cc3ccc(-c4nc(NC(C)(C)CO)ncc4Cl)cc3C2=O)c1. The van der Waals surface area contributed by atoms with E-state index in [1.165, 1.54) is 11.1 Å². The zero-order valence-electron chi connectivity index (χ0n) is 21.2. The van der Waals surface area contributed by atoms with Gasteiger partial charge in [0, 0.05) is 17.7 Å². The zero-order chi connectivity index (χ0) is 26.7. The first-order chi connectivity index (χ1) is 17.6. The Labute approximate surface area is 220 Å². The zero-order valence-corrected chi connectivity index (χ0v) is 22.0. The Hall–Kier alpha value is -3.69. The Morgan fingerprint density at radius 3 is 2.78 bits per heavy atom. The smallest absolute Gasteiger partial charge is 0.254 e. The molecule has 0 fully saturated rings. The molecule has 10 heteroatoms. The molecule has 4 rings (SSSR count). The highest BCUT2D eigenvalue weighted by Gasteiger charge is 2.30. The van der Waals surface area contributed by atoms with Crippen LogP contribution in [-0.2, 0) is 11.3 Å². The van der Waals surface area contributed by atoms with Crippen molar-refractivity contribution in [1.82, 2.24) is 20.2 Å². The van der Waals surface area contributed by atoms with Crippen molar-refractivity contribution in [3.8, 4) is 17.0 Å². The number of aromatic nitrogens is 2. The second kappa shape index (κ2) is 10.7. The maximum atomic E-state index is 13.2. The van der Waals surface area contributed by atoms with E-state index < -0.39 is 5.54 Å². The average Bonchev–Trinajstić information content (AvgIpc) is 3.19. The highest BCUT2D eigenvalue weighted by Crippen LogP contribution is 2.32. The molecule has 0 saturated heterocycles. The van der Waals surface area contributed by atoms with Crippen LogP contribution in [0, 0.1) is 0 Å². The molecule has 1 aliphatic rings. The molecule has 0 radical (unpaired) electrons. The molecular weight excluding hydrogens is 494 g/mol. The summed E-state index contributed by atoms with van der Waals surface area (Å²) in [7, 11) is 1.59. The van der Waals surface area contributed by atoms with E-state index in [-0.39, 0.29) is 31.0 Å². The number of carbonyl (C=O) groups excluding carboxylic acids is 2. The molecule has 3 N–H and O–H groups in total. The van der Waals surface area contributed by atoms with Gasteiger partial charge in [-0.05, 0) is 50.1 Å². The number of hydrogen-bond acceptors (Lipinski definition) is 7. The van der Waals surface area contributed by atoms with Crippen molar-refractivity contribution in [1.29, 1.82) is 0 Å². The van der Waals surface area contributed by atoms with Crippen LogP contribution < -0.4 is 15.4 Å². The number of rotatable bonds is 9. The van der Waals surface area contributed by atoms with Crippen LogP contribution in [0.2, 0.25) is 5.02 Å². The molecule has 0 spiro atoms. The monoisotopic (exact) mass is 523 g/mol. The molecule has 2 aromatic carbocycles. The van der Waals surface area contributed by atoms with Crippen molar-refractivity contribution in [3.05, 3.63) is 70.4 Å². The van der Waals surface area contributed by atoms with Crippen LogP contribution in [0.5, 0.6) is 5.75 Å². The summed E-state index contributed by atoms with van der Waals surface area (Å²) in [6.45, 7) is 5.70. The van der Waals surface area contributed by atoms with E-state index in [9.17, 15) is 14.7 Å². The van der Waals surface area contributed by atoms with Crippen molar-refractivity contribution in [2.75, 3.05) is 25.6 Å². The molecular formula is C27H30ClN5O4. The lowest BCUT2D eigenvalue weighted by Gasteiger charge is -2.23. The highest BCUT2D eigenvalue weighted by molar-refractivity contribution is 6.33. The third kappa shape index (κ3) is 6.00. The number of halogens is 1. The number of benzene rings is 2. The summed E-state index contributed by atoms with van der Waals surface area (Å²) in [5, 5.41) is 15.9. The Bertz CT molecular complexity index is 1330. The number of anilines is 1. The summed E-state index contributed by atoms with van der Waals surface area (Å²) in [4.78, 5) is 36.1. The van der Waals surface area contributed by atoms with Crippen LogP contribution in [-0.4, -0.2) is 57.6 Å². The van der Waals surface area contributed by atoms with E-state index in [2.05, 4.69) is 20.6 Å². The second-order valence-electron chi connectivity index (χ2n) is 9.66. The first kappa shape index (κ1) is 26.4. The van der Waals surface area contributed by atoms with Gasteiger partial charge in [-0.25, -0.2) is 9.97 Å². The van der Waals surface area contributed by atoms with Gasteiger partial charge < -0.3 is 25.4 Å². The Balaban J connectivity index is 1.47. The number of hydrogen-bond donors (Lipinski definition) is 3. The number of nitrogens with one attached hydrogen (secondary N) is 2. The van der Waals surface area contributed by atoms with Gasteiger partial charge in [-0.3, -0.25) is 9.59 Å². The van der Waals surface area contributed by atoms with Crippen molar-refractivity contribution in [2.24, 2.45) is 0 Å². The van der Waals surface area contributed by atoms with E-state index in [0.717, 1.165) is 11.1 Å². The molecule has 2 heterocycles. The van der Waals surface area contributed by atoms with E-state index >= 15 is 0 Å². The maximum absolute atomic E-state index is 13.2. The lowest BCUT2D eigenvalue weighted by atomic mass is 10.0. The van der Waals surface area contributed by atoms with Crippen molar-refractivity contribution < 1.29 is 19.4 Å². The van der Waals surface area contributed by atoms with Crippen molar-refractivity contribution in [2.45, 2.75) is 38.9 Å². The largest absolute Gasteiger partial charge is 0.497 e. The molecule has 0 saturated carbocycles. The number of carbonyl (C=O) groups is 2. The molecule has 2 amide bonds. The van der Waals surface area contributed by atoms with Crippen LogP contribution in [0.25, 0.3) is 11.3 Å². The Kier molecular flexibility index (Phi) is 7.65. The summed E-state index contributed by atoms with van der Waals surface area (Å²) in [6.07, 6.45) is 1.48. The molecule has 9 nitrogen and oxygen atoms in total. The third-order valence-electron chi connectivity index (χ3n) is 6.16. The van der Waals surface area contributed by atoms with E-state index in [1.807, 2.05) is 57.2 Å². The van der Waals surface area contributed by atoms with Gasteiger partial charge in [0.1, 0.15) is 12.3 Å². The van der Waals surface area contributed by atoms with Crippen LogP contribution >= 0.6 is 11.6 Å². The summed E-state index contributed by atoms with van der Waals surface area (Å²) < 4.78 is 5.25. The minimum atomic E-state index is -0.621. The quantitative estimate of drug-likeness (QED) is 0.390. The fourth-order valence-electron chi connectivity index (χ4n) is 4.06. The fraction of sp³-hybridized carbons (Fsp3) is 0.333. The van der Waals surface area contributed by atoms with Gasteiger partial charge >= 0.3 is 0 Å². The molecule has 0 aliphatic carbocycles. The van der Waals surface area contributed by atoms with Crippen LogP contribution in [0.3, 0.4) is 0 Å². The number of methoxy groups -OCH3 is 1. The first-order valence-electron chi connectivity index (χ1n) is 11.9. The van der Waals surface area contributed by atoms with Gasteiger partial charge in [-0.1, -0.05) is 35.9 Å². The number of amides is 2. The van der Waals surface area contributed by atoms with Crippen molar-refractivity contribution in [3.63, 3.8) is 0 Å². The van der Waals surface area contributed by atoms with Crippen LogP contribution in [0.4, 0.5) is 5.95 Å². The van der Waals surface area contributed by atoms with Crippen LogP contribution in [0.1, 0.15) is 48.3 Å². The number of fused-ring (bicyclic) bond motifs is 1. The normalized spacial score (nSPS) is 13.8. The topological polar surface area (TPSA) is 117 Å². The maximum Gasteiger partial charge on any atom is 0.254 e. The fourth-order valence-corrected chi connectivity index (χ4v) is 4.26. The number of nitrogens with zero attached hydrogens (tertiary/aromatic N) is 3. The number of ether oxygens (including phenoxy) is 1. The summed E-state index contributed by atoms with van der Waals surface area (Å²) in [6, 6.07) is 12.7. The molecule has 194 valence electrons. The van der Waals surface area contributed by atoms with Crippen LogP contribution in [0.15, 0.2) is 48.7 Å². The molecule has 0 bridgehead atoms. The first-order valence-corrected chi connectivity index (χ1v) is 12.3. The number of aliphatic hydroxyl groups is 1. The summed E-state index contributed by atoms with van der Waals surface area (Å²) in [5.41, 5.74) is 2.74. The lowest BCUT2D eigenvalue weighted by Crippen LogP contribution is -2.38. The molecule has 0 unspecified atom stereocenters. The molecule has 1 aliphatic heterocycles. The summed E-state index contributed by atoms with van der Waals surface area (Å²) in [5.74, 6) is 0.542. The third-order valence-corrected chi connectivity index (χ3v) is 6.43. The lowest BCUT2D eigenvalue weighted by molar-refractivity contribution is -0.122. The summed E-state index contributed by atoms with van der Waals surface area (Å²) >= 11 is 6.38.